The molecule has 2 heterocycles. The molecule has 1 aromatic carbocycles. The lowest BCUT2D eigenvalue weighted by molar-refractivity contribution is 0.0590. The van der Waals surface area contributed by atoms with Crippen molar-refractivity contribution in [1.29, 1.82) is 0 Å². The minimum atomic E-state index is -0.391. The van der Waals surface area contributed by atoms with E-state index in [-0.39, 0.29) is 0 Å². The molecule has 0 saturated carbocycles. The molecule has 1 fully saturated rings. The first-order chi connectivity index (χ1) is 10.6. The summed E-state index contributed by atoms with van der Waals surface area (Å²) >= 11 is 6.28. The Labute approximate surface area is 134 Å². The summed E-state index contributed by atoms with van der Waals surface area (Å²) in [5, 5.41) is 4.81. The maximum Gasteiger partial charge on any atom is 0.354 e. The van der Waals surface area contributed by atoms with Crippen molar-refractivity contribution >= 4 is 28.5 Å². The summed E-state index contributed by atoms with van der Waals surface area (Å²) in [4.78, 5) is 11.9. The van der Waals surface area contributed by atoms with E-state index in [2.05, 4.69) is 5.32 Å². The number of ether oxygens (including phenoxy) is 2. The Morgan fingerprint density at radius 2 is 2.32 bits per heavy atom. The molecule has 1 atom stereocenters. The predicted molar refractivity (Wildman–Crippen MR) is 85.8 cm³/mol. The standard InChI is InChI=1S/C16H19ClN2O3/c1-19-13(16(20)21-2)8-11-14(6-5-12(17)15(11)19)22-9-10-4-3-7-18-10/h5-6,8,10,18H,3-4,7,9H2,1-2H3/t10-/m0/s1. The number of carbonyl (C=O) groups excluding carboxylic acids is 1. The third kappa shape index (κ3) is 2.66. The fourth-order valence-electron chi connectivity index (χ4n) is 2.91. The van der Waals surface area contributed by atoms with Gasteiger partial charge in [-0.05, 0) is 37.6 Å². The molecule has 0 aliphatic carbocycles. The first-order valence-electron chi connectivity index (χ1n) is 7.34. The van der Waals surface area contributed by atoms with Crippen LogP contribution >= 0.6 is 11.6 Å². The Hall–Kier alpha value is -1.72. The highest BCUT2D eigenvalue weighted by molar-refractivity contribution is 6.35. The average Bonchev–Trinajstić information content (AvgIpc) is 3.14. The molecule has 1 aliphatic rings. The lowest BCUT2D eigenvalue weighted by Gasteiger charge is -2.13. The van der Waals surface area contributed by atoms with Gasteiger partial charge in [0.15, 0.2) is 0 Å². The van der Waals surface area contributed by atoms with Crippen molar-refractivity contribution < 1.29 is 14.3 Å². The van der Waals surface area contributed by atoms with Crippen molar-refractivity contribution in [2.45, 2.75) is 18.9 Å². The first kappa shape index (κ1) is 15.2. The van der Waals surface area contributed by atoms with Crippen LogP contribution in [0.25, 0.3) is 10.9 Å². The number of aryl methyl sites for hydroxylation is 1. The maximum absolute atomic E-state index is 11.9. The zero-order valence-electron chi connectivity index (χ0n) is 12.7. The first-order valence-corrected chi connectivity index (χ1v) is 7.72. The number of methoxy groups -OCH3 is 1. The van der Waals surface area contributed by atoms with Crippen LogP contribution in [-0.4, -0.2) is 36.8 Å². The number of hydrogen-bond donors (Lipinski definition) is 1. The molecule has 1 N–H and O–H groups in total. The molecule has 1 aromatic heterocycles. The number of aromatic nitrogens is 1. The molecule has 22 heavy (non-hydrogen) atoms. The highest BCUT2D eigenvalue weighted by Gasteiger charge is 2.20. The highest BCUT2D eigenvalue weighted by atomic mass is 35.5. The molecule has 118 valence electrons. The third-order valence-electron chi connectivity index (χ3n) is 4.10. The van der Waals surface area contributed by atoms with Crippen molar-refractivity contribution in [3.63, 3.8) is 0 Å². The molecular weight excluding hydrogens is 304 g/mol. The van der Waals surface area contributed by atoms with Gasteiger partial charge in [-0.25, -0.2) is 4.79 Å². The van der Waals surface area contributed by atoms with Gasteiger partial charge in [0, 0.05) is 18.5 Å². The van der Waals surface area contributed by atoms with Gasteiger partial charge in [-0.2, -0.15) is 0 Å². The molecule has 1 aliphatic heterocycles. The van der Waals surface area contributed by atoms with Crippen LogP contribution in [0.15, 0.2) is 18.2 Å². The van der Waals surface area contributed by atoms with Crippen molar-refractivity contribution in [2.75, 3.05) is 20.3 Å². The molecule has 0 bridgehead atoms. The highest BCUT2D eigenvalue weighted by Crippen LogP contribution is 2.34. The predicted octanol–water partition coefficient (Wildman–Crippen LogP) is 2.75. The number of rotatable bonds is 4. The lowest BCUT2D eigenvalue weighted by atomic mass is 10.2. The largest absolute Gasteiger partial charge is 0.491 e. The second-order valence-corrected chi connectivity index (χ2v) is 5.90. The van der Waals surface area contributed by atoms with Gasteiger partial charge in [0.2, 0.25) is 0 Å². The summed E-state index contributed by atoms with van der Waals surface area (Å²) in [7, 11) is 3.16. The van der Waals surface area contributed by atoms with Gasteiger partial charge in [-0.1, -0.05) is 11.6 Å². The number of fused-ring (bicyclic) bond motifs is 1. The van der Waals surface area contributed by atoms with Crippen LogP contribution in [0.3, 0.4) is 0 Å². The zero-order chi connectivity index (χ0) is 15.7. The molecule has 0 radical (unpaired) electrons. The second kappa shape index (κ2) is 6.18. The lowest BCUT2D eigenvalue weighted by Crippen LogP contribution is -2.28. The topological polar surface area (TPSA) is 52.5 Å². The van der Waals surface area contributed by atoms with Crippen LogP contribution in [0.5, 0.6) is 5.75 Å². The SMILES string of the molecule is COC(=O)c1cc2c(OC[C@@H]3CCCN3)ccc(Cl)c2n1C. The number of hydrogen-bond acceptors (Lipinski definition) is 4. The summed E-state index contributed by atoms with van der Waals surface area (Å²) in [5.74, 6) is 0.344. The molecule has 6 heteroatoms. The molecule has 2 aromatic rings. The van der Waals surface area contributed by atoms with Crippen molar-refractivity contribution in [1.82, 2.24) is 9.88 Å². The number of carbonyl (C=O) groups is 1. The molecular formula is C16H19ClN2O3. The molecule has 0 amide bonds. The van der Waals surface area contributed by atoms with E-state index in [4.69, 9.17) is 21.1 Å². The smallest absolute Gasteiger partial charge is 0.354 e. The van der Waals surface area contributed by atoms with E-state index in [9.17, 15) is 4.79 Å². The number of benzene rings is 1. The van der Waals surface area contributed by atoms with Gasteiger partial charge >= 0.3 is 5.97 Å². The van der Waals surface area contributed by atoms with E-state index < -0.39 is 5.97 Å². The van der Waals surface area contributed by atoms with E-state index in [0.717, 1.165) is 29.6 Å². The van der Waals surface area contributed by atoms with Gasteiger partial charge in [0.1, 0.15) is 18.1 Å². The van der Waals surface area contributed by atoms with Gasteiger partial charge < -0.3 is 19.4 Å². The van der Waals surface area contributed by atoms with Crippen molar-refractivity contribution in [3.05, 3.63) is 28.9 Å². The Morgan fingerprint density at radius 1 is 1.50 bits per heavy atom. The number of nitrogens with one attached hydrogen (secondary N) is 1. The van der Waals surface area contributed by atoms with Crippen LogP contribution in [0.2, 0.25) is 5.02 Å². The summed E-state index contributed by atoms with van der Waals surface area (Å²) in [6.45, 7) is 1.65. The van der Waals surface area contributed by atoms with Gasteiger partial charge in [-0.15, -0.1) is 0 Å². The van der Waals surface area contributed by atoms with Crippen LogP contribution in [0.4, 0.5) is 0 Å². The van der Waals surface area contributed by atoms with Crippen LogP contribution < -0.4 is 10.1 Å². The monoisotopic (exact) mass is 322 g/mol. The summed E-state index contributed by atoms with van der Waals surface area (Å²) in [5.41, 5.74) is 1.23. The fraction of sp³-hybridized carbons (Fsp3) is 0.438. The van der Waals surface area contributed by atoms with E-state index in [1.165, 1.54) is 13.5 Å². The minimum Gasteiger partial charge on any atom is -0.491 e. The van der Waals surface area contributed by atoms with Gasteiger partial charge in [0.25, 0.3) is 0 Å². The number of halogens is 1. The molecule has 0 unspecified atom stereocenters. The molecule has 0 spiro atoms. The average molecular weight is 323 g/mol. The van der Waals surface area contributed by atoms with E-state index in [0.29, 0.717) is 23.4 Å². The van der Waals surface area contributed by atoms with Crippen LogP contribution in [0.1, 0.15) is 23.3 Å². The molecule has 1 saturated heterocycles. The van der Waals surface area contributed by atoms with E-state index in [1.54, 1.807) is 23.7 Å². The quantitative estimate of drug-likeness (QED) is 0.879. The van der Waals surface area contributed by atoms with Crippen molar-refractivity contribution in [3.8, 4) is 5.75 Å². The van der Waals surface area contributed by atoms with E-state index >= 15 is 0 Å². The van der Waals surface area contributed by atoms with E-state index in [1.807, 2.05) is 6.07 Å². The summed E-state index contributed by atoms with van der Waals surface area (Å²) in [6, 6.07) is 5.79. The maximum atomic E-state index is 11.9. The minimum absolute atomic E-state index is 0.384. The number of esters is 1. The normalized spacial score (nSPS) is 17.9. The third-order valence-corrected chi connectivity index (χ3v) is 4.41. The molecule has 3 rings (SSSR count). The Kier molecular flexibility index (Phi) is 4.27. The van der Waals surface area contributed by atoms with Crippen LogP contribution in [0, 0.1) is 0 Å². The number of nitrogens with zero attached hydrogens (tertiary/aromatic N) is 1. The fourth-order valence-corrected chi connectivity index (χ4v) is 3.20. The Bertz CT molecular complexity index is 705. The Morgan fingerprint density at radius 3 is 3.00 bits per heavy atom. The van der Waals surface area contributed by atoms with Gasteiger partial charge in [-0.3, -0.25) is 0 Å². The second-order valence-electron chi connectivity index (χ2n) is 5.49. The summed E-state index contributed by atoms with van der Waals surface area (Å²) < 4.78 is 12.5. The zero-order valence-corrected chi connectivity index (χ0v) is 13.4. The van der Waals surface area contributed by atoms with Gasteiger partial charge in [0.05, 0.1) is 17.6 Å². The summed E-state index contributed by atoms with van der Waals surface area (Å²) in [6.07, 6.45) is 2.31. The Balaban J connectivity index is 1.96. The van der Waals surface area contributed by atoms with Crippen LogP contribution in [-0.2, 0) is 11.8 Å². The van der Waals surface area contributed by atoms with Crippen molar-refractivity contribution in [2.24, 2.45) is 7.05 Å². The molecule has 5 nitrogen and oxygen atoms in total.